The molecule has 0 saturated carbocycles. The molecule has 3 nitrogen and oxygen atoms in total. The van der Waals surface area contributed by atoms with E-state index in [0.29, 0.717) is 30.8 Å². The highest BCUT2D eigenvalue weighted by atomic mass is 32.2. The van der Waals surface area contributed by atoms with Crippen molar-refractivity contribution >= 4 is 16.8 Å². The van der Waals surface area contributed by atoms with Gasteiger partial charge in [-0.15, -0.1) is 0 Å². The van der Waals surface area contributed by atoms with Crippen molar-refractivity contribution in [2.75, 3.05) is 13.1 Å². The molecule has 5 heteroatoms. The van der Waals surface area contributed by atoms with Crippen molar-refractivity contribution in [2.45, 2.75) is 31.6 Å². The third kappa shape index (κ3) is 3.99. The Hall–Kier alpha value is -1.07. The number of benzene rings is 1. The van der Waals surface area contributed by atoms with Crippen LogP contribution in [0.25, 0.3) is 0 Å². The smallest absolute Gasteiger partial charge is 0.135 e. The van der Waals surface area contributed by atoms with Gasteiger partial charge in [0, 0.05) is 25.9 Å². The van der Waals surface area contributed by atoms with E-state index >= 15 is 0 Å². The maximum atomic E-state index is 12.7. The Kier molecular flexibility index (Phi) is 6.15. The van der Waals surface area contributed by atoms with Crippen LogP contribution in [0.4, 0.5) is 4.39 Å². The minimum Gasteiger partial charge on any atom is -0.300 e. The highest BCUT2D eigenvalue weighted by Crippen LogP contribution is 2.15. The van der Waals surface area contributed by atoms with Crippen molar-refractivity contribution in [1.29, 1.82) is 0 Å². The van der Waals surface area contributed by atoms with E-state index in [2.05, 4.69) is 0 Å². The number of rotatable bonds is 2. The zero-order valence-corrected chi connectivity index (χ0v) is 11.5. The van der Waals surface area contributed by atoms with Crippen LogP contribution in [0.15, 0.2) is 29.2 Å². The van der Waals surface area contributed by atoms with Crippen LogP contribution in [-0.4, -0.2) is 27.4 Å². The van der Waals surface area contributed by atoms with Crippen molar-refractivity contribution in [3.8, 4) is 0 Å². The van der Waals surface area contributed by atoms with E-state index in [-0.39, 0.29) is 11.6 Å². The fourth-order valence-electron chi connectivity index (χ4n) is 1.60. The van der Waals surface area contributed by atoms with Crippen LogP contribution in [0.3, 0.4) is 0 Å². The van der Waals surface area contributed by atoms with Gasteiger partial charge in [-0.1, -0.05) is 13.8 Å². The number of carbonyl (C=O) groups is 1. The Morgan fingerprint density at radius 3 is 2.11 bits per heavy atom. The standard InChI is InChI=1S/C11H12FNO2S.C2H6/c12-9-1-3-11(4-2-9)16(15)13-7-5-10(14)6-8-13;1-2/h1-4H,5-8H2;1-2H3. The average Bonchev–Trinajstić information content (AvgIpc) is 2.42. The molecule has 0 N–H and O–H groups in total. The molecule has 100 valence electrons. The summed E-state index contributed by atoms with van der Waals surface area (Å²) in [7, 11) is -1.28. The van der Waals surface area contributed by atoms with E-state index in [9.17, 15) is 13.4 Å². The van der Waals surface area contributed by atoms with E-state index in [1.807, 2.05) is 13.8 Å². The van der Waals surface area contributed by atoms with Crippen LogP contribution < -0.4 is 0 Å². The maximum absolute atomic E-state index is 12.7. The molecule has 1 aromatic carbocycles. The molecule has 1 atom stereocenters. The number of hydrogen-bond acceptors (Lipinski definition) is 2. The molecule has 2 rings (SSSR count). The first-order chi connectivity index (χ1) is 8.66. The molecule has 0 bridgehead atoms. The topological polar surface area (TPSA) is 37.4 Å². The average molecular weight is 271 g/mol. The summed E-state index contributed by atoms with van der Waals surface area (Å²) in [5.41, 5.74) is 0. The Balaban J connectivity index is 0.000000771. The van der Waals surface area contributed by atoms with Gasteiger partial charge >= 0.3 is 0 Å². The van der Waals surface area contributed by atoms with Gasteiger partial charge in [0.25, 0.3) is 0 Å². The molecule has 1 unspecified atom stereocenters. The molecular weight excluding hydrogens is 253 g/mol. The molecule has 0 spiro atoms. The lowest BCUT2D eigenvalue weighted by molar-refractivity contribution is -0.120. The van der Waals surface area contributed by atoms with Gasteiger partial charge in [-0.05, 0) is 24.3 Å². The largest absolute Gasteiger partial charge is 0.300 e. The van der Waals surface area contributed by atoms with Gasteiger partial charge in [-0.2, -0.15) is 0 Å². The van der Waals surface area contributed by atoms with Gasteiger partial charge in [0.2, 0.25) is 0 Å². The lowest BCUT2D eigenvalue weighted by Gasteiger charge is -2.24. The SMILES string of the molecule is CC.O=C1CCN(S(=O)c2ccc(F)cc2)CC1. The van der Waals surface area contributed by atoms with E-state index in [1.54, 1.807) is 4.31 Å². The molecule has 1 saturated heterocycles. The summed E-state index contributed by atoms with van der Waals surface area (Å²) >= 11 is 0. The fourth-order valence-corrected chi connectivity index (χ4v) is 2.78. The molecular formula is C13H18FNO2S. The molecule has 1 aliphatic heterocycles. The highest BCUT2D eigenvalue weighted by molar-refractivity contribution is 7.82. The van der Waals surface area contributed by atoms with Gasteiger partial charge in [-0.25, -0.2) is 12.9 Å². The highest BCUT2D eigenvalue weighted by Gasteiger charge is 2.21. The Morgan fingerprint density at radius 2 is 1.61 bits per heavy atom. The second-order valence-corrected chi connectivity index (χ2v) is 5.16. The van der Waals surface area contributed by atoms with Crippen LogP contribution in [0.1, 0.15) is 26.7 Å². The Labute approximate surface area is 110 Å². The molecule has 18 heavy (non-hydrogen) atoms. The number of piperidine rings is 1. The van der Waals surface area contributed by atoms with Crippen LogP contribution in [0.5, 0.6) is 0 Å². The van der Waals surface area contributed by atoms with Crippen molar-refractivity contribution < 1.29 is 13.4 Å². The summed E-state index contributed by atoms with van der Waals surface area (Å²) < 4.78 is 26.5. The summed E-state index contributed by atoms with van der Waals surface area (Å²) in [6.45, 7) is 5.03. The van der Waals surface area contributed by atoms with Crippen LogP contribution in [-0.2, 0) is 15.8 Å². The zero-order valence-electron chi connectivity index (χ0n) is 10.7. The quantitative estimate of drug-likeness (QED) is 0.829. The van der Waals surface area contributed by atoms with Gasteiger partial charge in [0.15, 0.2) is 0 Å². The number of carbonyl (C=O) groups excluding carboxylic acids is 1. The van der Waals surface area contributed by atoms with Crippen molar-refractivity contribution in [3.05, 3.63) is 30.1 Å². The van der Waals surface area contributed by atoms with Crippen molar-refractivity contribution in [3.63, 3.8) is 0 Å². The molecule has 0 aliphatic carbocycles. The van der Waals surface area contributed by atoms with Crippen LogP contribution in [0.2, 0.25) is 0 Å². The van der Waals surface area contributed by atoms with Gasteiger partial charge in [-0.3, -0.25) is 4.79 Å². The zero-order chi connectivity index (χ0) is 13.5. The molecule has 0 radical (unpaired) electrons. The number of halogens is 1. The molecule has 1 aliphatic rings. The number of hydrogen-bond donors (Lipinski definition) is 0. The van der Waals surface area contributed by atoms with Crippen LogP contribution >= 0.6 is 0 Å². The van der Waals surface area contributed by atoms with E-state index < -0.39 is 11.0 Å². The summed E-state index contributed by atoms with van der Waals surface area (Å²) in [4.78, 5) is 11.6. The predicted molar refractivity (Wildman–Crippen MR) is 70.0 cm³/mol. The number of ketones is 1. The minimum absolute atomic E-state index is 0.215. The van der Waals surface area contributed by atoms with E-state index in [4.69, 9.17) is 0 Å². The van der Waals surface area contributed by atoms with Crippen molar-refractivity contribution in [2.24, 2.45) is 0 Å². The second kappa shape index (κ2) is 7.38. The molecule has 1 fully saturated rings. The first-order valence-corrected chi connectivity index (χ1v) is 7.21. The lowest BCUT2D eigenvalue weighted by Crippen LogP contribution is -2.35. The van der Waals surface area contributed by atoms with Crippen molar-refractivity contribution in [1.82, 2.24) is 4.31 Å². The third-order valence-corrected chi connectivity index (χ3v) is 4.04. The Bertz CT molecular complexity index is 410. The first kappa shape index (κ1) is 15.0. The third-order valence-electron chi connectivity index (χ3n) is 2.53. The van der Waals surface area contributed by atoms with E-state index in [0.717, 1.165) is 0 Å². The number of nitrogens with zero attached hydrogens (tertiary/aromatic N) is 1. The lowest BCUT2D eigenvalue weighted by atomic mass is 10.1. The first-order valence-electron chi connectivity index (χ1n) is 6.11. The van der Waals surface area contributed by atoms with Crippen LogP contribution in [0, 0.1) is 5.82 Å². The summed E-state index contributed by atoms with van der Waals surface area (Å²) in [6, 6.07) is 5.62. The molecule has 1 aromatic rings. The van der Waals surface area contributed by atoms with Gasteiger partial charge in [0.05, 0.1) is 4.90 Å². The number of Topliss-reactive ketones (excluding diaryl/α,β-unsaturated/α-hetero) is 1. The summed E-state index contributed by atoms with van der Waals surface area (Å²) in [5, 5.41) is 0. The maximum Gasteiger partial charge on any atom is 0.135 e. The fraction of sp³-hybridized carbons (Fsp3) is 0.462. The minimum atomic E-state index is -1.28. The molecule has 0 aromatic heterocycles. The normalized spacial score (nSPS) is 17.8. The molecule has 1 heterocycles. The summed E-state index contributed by atoms with van der Waals surface area (Å²) in [5.74, 6) is -0.123. The monoisotopic (exact) mass is 271 g/mol. The second-order valence-electron chi connectivity index (χ2n) is 3.67. The molecule has 0 amide bonds. The Morgan fingerprint density at radius 1 is 1.11 bits per heavy atom. The van der Waals surface area contributed by atoms with E-state index in [1.165, 1.54) is 24.3 Å². The summed E-state index contributed by atoms with van der Waals surface area (Å²) in [6.07, 6.45) is 0.903. The van der Waals surface area contributed by atoms with Gasteiger partial charge in [0.1, 0.15) is 22.6 Å². The predicted octanol–water partition coefficient (Wildman–Crippen LogP) is 2.54. The van der Waals surface area contributed by atoms with Gasteiger partial charge < -0.3 is 0 Å².